The third-order valence-electron chi connectivity index (χ3n) is 6.31. The summed E-state index contributed by atoms with van der Waals surface area (Å²) >= 11 is 6.43. The monoisotopic (exact) mass is 446 g/mol. The van der Waals surface area contributed by atoms with Crippen LogP contribution < -0.4 is 9.62 Å². The molecular weight excluding hydrogens is 420 g/mol. The number of carbonyl (C=O) groups excluding carboxylic acids is 1. The smallest absolute Gasteiger partial charge is 0.236 e. The molecule has 1 spiro atoms. The van der Waals surface area contributed by atoms with Gasteiger partial charge < -0.3 is 4.90 Å². The van der Waals surface area contributed by atoms with Crippen LogP contribution in [0.3, 0.4) is 0 Å². The summed E-state index contributed by atoms with van der Waals surface area (Å²) in [5.74, 6) is -0.743. The Bertz CT molecular complexity index is 1040. The van der Waals surface area contributed by atoms with Crippen molar-refractivity contribution in [3.05, 3.63) is 58.1 Å². The average Bonchev–Trinajstić information content (AvgIpc) is 2.68. The maximum atomic E-state index is 12.3. The Morgan fingerprint density at radius 2 is 1.70 bits per heavy atom. The number of carbonyl (C=O) groups is 1. The van der Waals surface area contributed by atoms with Crippen molar-refractivity contribution < 1.29 is 13.2 Å². The van der Waals surface area contributed by atoms with E-state index in [9.17, 15) is 13.2 Å². The molecule has 4 rings (SSSR count). The van der Waals surface area contributed by atoms with Crippen molar-refractivity contribution in [2.75, 3.05) is 17.2 Å². The van der Waals surface area contributed by atoms with Gasteiger partial charge in [-0.25, -0.2) is 8.42 Å². The highest BCUT2D eigenvalue weighted by Gasteiger charge is 2.44. The normalized spacial score (nSPS) is 17.4. The van der Waals surface area contributed by atoms with E-state index in [1.54, 1.807) is 0 Å². The van der Waals surface area contributed by atoms with Crippen molar-refractivity contribution in [1.82, 2.24) is 4.72 Å². The molecule has 1 heterocycles. The van der Waals surface area contributed by atoms with Crippen molar-refractivity contribution in [1.29, 1.82) is 0 Å². The molecule has 0 aromatic heterocycles. The number of benzene rings is 2. The molecule has 1 saturated carbocycles. The van der Waals surface area contributed by atoms with E-state index in [0.717, 1.165) is 37.1 Å². The lowest BCUT2D eigenvalue weighted by Crippen LogP contribution is -2.41. The largest absolute Gasteiger partial charge is 0.340 e. The van der Waals surface area contributed by atoms with Crippen LogP contribution in [0.15, 0.2) is 36.4 Å². The Kier molecular flexibility index (Phi) is 5.58. The van der Waals surface area contributed by atoms with Gasteiger partial charge in [-0.2, -0.15) is 0 Å². The minimum atomic E-state index is -3.70. The van der Waals surface area contributed by atoms with Crippen LogP contribution in [0.1, 0.15) is 55.7 Å². The lowest BCUT2D eigenvalue weighted by molar-refractivity contribution is -0.117. The Morgan fingerprint density at radius 1 is 1.07 bits per heavy atom. The molecule has 7 heteroatoms. The van der Waals surface area contributed by atoms with Gasteiger partial charge in [0.2, 0.25) is 15.9 Å². The Hall–Kier alpha value is -2.05. The van der Waals surface area contributed by atoms with Crippen LogP contribution in [0.2, 0.25) is 5.02 Å². The summed E-state index contributed by atoms with van der Waals surface area (Å²) in [6.45, 7) is 3.56. The number of aryl methyl sites for hydroxylation is 1. The minimum Gasteiger partial charge on any atom is -0.340 e. The predicted octanol–water partition coefficient (Wildman–Crippen LogP) is 4.82. The van der Waals surface area contributed by atoms with E-state index in [-0.39, 0.29) is 17.7 Å². The van der Waals surface area contributed by atoms with Crippen LogP contribution >= 0.6 is 11.6 Å². The molecule has 1 fully saturated rings. The van der Waals surface area contributed by atoms with Crippen LogP contribution in [-0.2, 0) is 20.2 Å². The molecular formula is C23H27ClN2O3S. The van der Waals surface area contributed by atoms with E-state index >= 15 is 0 Å². The number of halogens is 1. The molecule has 0 radical (unpaired) electrons. The number of hydrogen-bond acceptors (Lipinski definition) is 4. The number of nitrogens with zero attached hydrogens (tertiary/aromatic N) is 1. The van der Waals surface area contributed by atoms with Gasteiger partial charge in [0.15, 0.2) is 0 Å². The zero-order valence-corrected chi connectivity index (χ0v) is 18.9. The molecule has 0 bridgehead atoms. The molecule has 2 aromatic carbocycles. The second kappa shape index (κ2) is 7.89. The summed E-state index contributed by atoms with van der Waals surface area (Å²) in [7, 11) is -3.70. The summed E-state index contributed by atoms with van der Waals surface area (Å²) in [5, 5.41) is 0.695. The molecule has 0 saturated heterocycles. The summed E-state index contributed by atoms with van der Waals surface area (Å²) in [5.41, 5.74) is 5.60. The van der Waals surface area contributed by atoms with Gasteiger partial charge in [0, 0.05) is 35.3 Å². The number of hydrogen-bond donors (Lipinski definition) is 1. The van der Waals surface area contributed by atoms with Crippen molar-refractivity contribution in [2.24, 2.45) is 0 Å². The van der Waals surface area contributed by atoms with Crippen LogP contribution in [0.4, 0.5) is 11.4 Å². The molecule has 1 aliphatic heterocycles. The van der Waals surface area contributed by atoms with Gasteiger partial charge in [-0.15, -0.1) is 0 Å². The molecule has 30 heavy (non-hydrogen) atoms. The first-order chi connectivity index (χ1) is 14.2. The summed E-state index contributed by atoms with van der Waals surface area (Å²) < 4.78 is 26.7. The van der Waals surface area contributed by atoms with Gasteiger partial charge in [-0.05, 0) is 55.2 Å². The minimum absolute atomic E-state index is 0.0904. The molecule has 5 nitrogen and oxygen atoms in total. The van der Waals surface area contributed by atoms with Gasteiger partial charge in [-0.1, -0.05) is 48.6 Å². The highest BCUT2D eigenvalue weighted by Crippen LogP contribution is 2.55. The number of anilines is 2. The van der Waals surface area contributed by atoms with Crippen LogP contribution in [-0.4, -0.2) is 26.6 Å². The predicted molar refractivity (Wildman–Crippen MR) is 121 cm³/mol. The van der Waals surface area contributed by atoms with Crippen LogP contribution in [0.5, 0.6) is 0 Å². The molecule has 160 valence electrons. The van der Waals surface area contributed by atoms with Crippen molar-refractivity contribution in [3.8, 4) is 0 Å². The van der Waals surface area contributed by atoms with Gasteiger partial charge in [0.25, 0.3) is 0 Å². The van der Waals surface area contributed by atoms with Gasteiger partial charge in [0.1, 0.15) is 0 Å². The number of sulfonamides is 1. The highest BCUT2D eigenvalue weighted by molar-refractivity contribution is 7.90. The maximum absolute atomic E-state index is 12.3. The number of amides is 1. The second-order valence-electron chi connectivity index (χ2n) is 8.45. The quantitative estimate of drug-likeness (QED) is 0.731. The highest BCUT2D eigenvalue weighted by atomic mass is 35.5. The lowest BCUT2D eigenvalue weighted by atomic mass is 9.62. The van der Waals surface area contributed by atoms with Crippen LogP contribution in [0, 0.1) is 6.92 Å². The summed E-state index contributed by atoms with van der Waals surface area (Å²) in [6, 6.07) is 12.4. The summed E-state index contributed by atoms with van der Waals surface area (Å²) in [4.78, 5) is 13.3. The van der Waals surface area contributed by atoms with Gasteiger partial charge >= 0.3 is 0 Å². The third kappa shape index (κ3) is 3.83. The molecule has 0 atom stereocenters. The lowest BCUT2D eigenvalue weighted by Gasteiger charge is -2.48. The number of nitrogens with one attached hydrogen (secondary N) is 1. The van der Waals surface area contributed by atoms with E-state index in [0.29, 0.717) is 5.02 Å². The van der Waals surface area contributed by atoms with Gasteiger partial charge in [0.05, 0.1) is 5.75 Å². The molecule has 2 aromatic rings. The molecule has 1 N–H and O–H groups in total. The fourth-order valence-corrected chi connectivity index (χ4v) is 6.22. The number of fused-ring (bicyclic) bond motifs is 4. The van der Waals surface area contributed by atoms with Gasteiger partial charge in [-0.3, -0.25) is 9.52 Å². The summed E-state index contributed by atoms with van der Waals surface area (Å²) in [6.07, 6.45) is 5.69. The molecule has 0 unspecified atom stereocenters. The first-order valence-electron chi connectivity index (χ1n) is 10.4. The van der Waals surface area contributed by atoms with Crippen molar-refractivity contribution in [3.63, 3.8) is 0 Å². The standard InChI is InChI=1S/C23H27ClN2O3S/c1-16-6-8-21-19(14-16)23(10-4-3-5-11-23)20-15-18(24)7-9-22(20)26(21)12-13-30(28,29)25-17(2)27/h6-9,14-15H,3-5,10-13H2,1-2H3,(H,25,27). The second-order valence-corrected chi connectivity index (χ2v) is 10.7. The average molecular weight is 447 g/mol. The SMILES string of the molecule is CC(=O)NS(=O)(=O)CCN1c2ccc(C)cc2C2(CCCCC2)c2cc(Cl)ccc21. The van der Waals surface area contributed by atoms with E-state index in [1.165, 1.54) is 30.0 Å². The van der Waals surface area contributed by atoms with E-state index in [2.05, 4.69) is 40.8 Å². The topological polar surface area (TPSA) is 66.5 Å². The molecule has 1 aliphatic carbocycles. The van der Waals surface area contributed by atoms with E-state index in [1.807, 2.05) is 12.1 Å². The Labute approximate surface area is 183 Å². The number of rotatable bonds is 4. The van der Waals surface area contributed by atoms with E-state index < -0.39 is 15.9 Å². The first kappa shape index (κ1) is 21.2. The third-order valence-corrected chi connectivity index (χ3v) is 7.87. The molecule has 1 amide bonds. The van der Waals surface area contributed by atoms with Crippen molar-refractivity contribution in [2.45, 2.75) is 51.4 Å². The van der Waals surface area contributed by atoms with Crippen LogP contribution in [0.25, 0.3) is 0 Å². The maximum Gasteiger partial charge on any atom is 0.236 e. The first-order valence-corrected chi connectivity index (χ1v) is 12.4. The zero-order chi connectivity index (χ0) is 21.5. The Morgan fingerprint density at radius 3 is 2.37 bits per heavy atom. The van der Waals surface area contributed by atoms with Crippen molar-refractivity contribution >= 4 is 38.9 Å². The molecule has 2 aliphatic rings. The fourth-order valence-electron chi connectivity index (χ4n) is 5.09. The van der Waals surface area contributed by atoms with E-state index in [4.69, 9.17) is 11.6 Å². The zero-order valence-electron chi connectivity index (χ0n) is 17.4. The Balaban J connectivity index is 1.83. The fraction of sp³-hybridized carbons (Fsp3) is 0.435.